The van der Waals surface area contributed by atoms with Gasteiger partial charge in [0.05, 0.1) is 4.90 Å². The van der Waals surface area contributed by atoms with Crippen molar-refractivity contribution >= 4 is 22.7 Å². The fourth-order valence-corrected chi connectivity index (χ4v) is 2.23. The highest BCUT2D eigenvalue weighted by Crippen LogP contribution is 2.16. The predicted octanol–water partition coefficient (Wildman–Crippen LogP) is 1.28. The lowest BCUT2D eigenvalue weighted by Crippen LogP contribution is -2.14. The second kappa shape index (κ2) is 4.33. The van der Waals surface area contributed by atoms with E-state index in [0.29, 0.717) is 12.0 Å². The van der Waals surface area contributed by atoms with E-state index in [-0.39, 0.29) is 4.90 Å². The lowest BCUT2D eigenvalue weighted by molar-refractivity contribution is 0.597. The van der Waals surface area contributed by atoms with Crippen molar-refractivity contribution in [2.75, 3.05) is 0 Å². The molecule has 1 aromatic rings. The van der Waals surface area contributed by atoms with Crippen molar-refractivity contribution in [3.63, 3.8) is 0 Å². The molecule has 1 aromatic carbocycles. The predicted molar refractivity (Wildman–Crippen MR) is 59.5 cm³/mol. The normalized spacial score (nSPS) is 11.6. The Morgan fingerprint density at radius 1 is 1.50 bits per heavy atom. The van der Waals surface area contributed by atoms with Gasteiger partial charge in [-0.15, -0.1) is 0 Å². The number of primary sulfonamides is 1. The fraction of sp³-hybridized carbons (Fsp3) is 0.222. The van der Waals surface area contributed by atoms with Gasteiger partial charge in [0, 0.05) is 5.75 Å². The average molecular weight is 230 g/mol. The van der Waals surface area contributed by atoms with Crippen LogP contribution in [0.25, 0.3) is 0 Å². The maximum atomic E-state index is 11.2. The van der Waals surface area contributed by atoms with Crippen molar-refractivity contribution in [3.05, 3.63) is 35.1 Å². The van der Waals surface area contributed by atoms with Crippen molar-refractivity contribution in [1.82, 2.24) is 0 Å². The van der Waals surface area contributed by atoms with E-state index in [2.05, 4.69) is 12.6 Å². The fourth-order valence-electron chi connectivity index (χ4n) is 1.18. The summed E-state index contributed by atoms with van der Waals surface area (Å²) in [6, 6.07) is 5.18. The first-order valence-corrected chi connectivity index (χ1v) is 6.09. The molecule has 3 nitrogen and oxygen atoms in total. The van der Waals surface area contributed by atoms with Crippen LogP contribution in [0.2, 0.25) is 0 Å². The minimum Gasteiger partial charge on any atom is -0.225 e. The first kappa shape index (κ1) is 11.6. The molecule has 5 heteroatoms. The molecule has 0 bridgehead atoms. The van der Waals surface area contributed by atoms with Crippen molar-refractivity contribution in [2.24, 2.45) is 5.14 Å². The Balaban J connectivity index is 3.22. The first-order valence-electron chi connectivity index (χ1n) is 4.03. The second-order valence-corrected chi connectivity index (χ2v) is 4.93. The molecule has 0 aliphatic rings. The zero-order valence-electron chi connectivity index (χ0n) is 7.77. The number of sulfonamides is 1. The maximum Gasteiger partial charge on any atom is 0.238 e. The summed E-state index contributed by atoms with van der Waals surface area (Å²) < 4.78 is 22.3. The number of thiol groups is 1. The van der Waals surface area contributed by atoms with E-state index in [1.807, 2.05) is 6.07 Å². The molecule has 2 N–H and O–H groups in total. The molecule has 1 radical (unpaired) electrons. The highest BCUT2D eigenvalue weighted by Gasteiger charge is 2.11. The molecular weight excluding hydrogens is 218 g/mol. The molecule has 0 aliphatic heterocycles. The van der Waals surface area contributed by atoms with Gasteiger partial charge in [0.2, 0.25) is 10.0 Å². The van der Waals surface area contributed by atoms with E-state index in [0.717, 1.165) is 5.56 Å². The van der Waals surface area contributed by atoms with Crippen LogP contribution in [-0.2, 0) is 16.4 Å². The number of nitrogens with two attached hydrogens (primary N) is 1. The average Bonchev–Trinajstić information content (AvgIpc) is 2.07. The Kier molecular flexibility index (Phi) is 3.58. The third-order valence-corrected chi connectivity index (χ3v) is 3.12. The van der Waals surface area contributed by atoms with Gasteiger partial charge < -0.3 is 0 Å². The molecule has 0 aromatic heterocycles. The van der Waals surface area contributed by atoms with Gasteiger partial charge in [-0.3, -0.25) is 0 Å². The highest BCUT2D eigenvalue weighted by molar-refractivity contribution is 7.89. The molecule has 1 rings (SSSR count). The highest BCUT2D eigenvalue weighted by atomic mass is 32.2. The molecule has 0 fully saturated rings. The standard InChI is InChI=1S/C9H12NO2S2/c1-7-2-3-8(4-5-13)6-9(7)14(10,11)12/h2-3,5-6,13H,4H2,1H3,(H2,10,11,12). The molecular formula is C9H12NO2S2. The van der Waals surface area contributed by atoms with Gasteiger partial charge in [-0.25, -0.2) is 13.6 Å². The van der Waals surface area contributed by atoms with Crippen molar-refractivity contribution in [2.45, 2.75) is 18.2 Å². The number of benzene rings is 1. The van der Waals surface area contributed by atoms with E-state index in [1.54, 1.807) is 24.8 Å². The molecule has 0 amide bonds. The molecule has 0 heterocycles. The van der Waals surface area contributed by atoms with Gasteiger partial charge in [0.1, 0.15) is 0 Å². The summed E-state index contributed by atoms with van der Waals surface area (Å²) in [7, 11) is -3.61. The van der Waals surface area contributed by atoms with Gasteiger partial charge >= 0.3 is 0 Å². The zero-order valence-corrected chi connectivity index (χ0v) is 9.48. The van der Waals surface area contributed by atoms with Crippen LogP contribution in [-0.4, -0.2) is 8.42 Å². The molecule has 0 atom stereocenters. The van der Waals surface area contributed by atoms with Crippen LogP contribution >= 0.6 is 12.6 Å². The zero-order chi connectivity index (χ0) is 10.8. The van der Waals surface area contributed by atoms with E-state index in [1.165, 1.54) is 0 Å². The third-order valence-electron chi connectivity index (χ3n) is 1.89. The summed E-state index contributed by atoms with van der Waals surface area (Å²) in [5.74, 6) is 1.66. The van der Waals surface area contributed by atoms with Gasteiger partial charge in [-0.2, -0.15) is 12.6 Å². The Labute approximate surface area is 89.8 Å². The van der Waals surface area contributed by atoms with Crippen LogP contribution < -0.4 is 5.14 Å². The minimum atomic E-state index is -3.61. The van der Waals surface area contributed by atoms with Gasteiger partial charge in [-0.05, 0) is 30.5 Å². The molecule has 0 aliphatic carbocycles. The Morgan fingerprint density at radius 2 is 2.14 bits per heavy atom. The summed E-state index contributed by atoms with van der Waals surface area (Å²) >= 11 is 3.96. The summed E-state index contributed by atoms with van der Waals surface area (Å²) in [5.41, 5.74) is 1.55. The smallest absolute Gasteiger partial charge is 0.225 e. The van der Waals surface area contributed by atoms with E-state index >= 15 is 0 Å². The Hall–Kier alpha value is -0.520. The molecule has 0 saturated carbocycles. The van der Waals surface area contributed by atoms with Crippen LogP contribution in [0, 0.1) is 12.7 Å². The lowest BCUT2D eigenvalue weighted by atomic mass is 10.1. The van der Waals surface area contributed by atoms with Crippen LogP contribution in [0.15, 0.2) is 23.1 Å². The van der Waals surface area contributed by atoms with E-state index in [4.69, 9.17) is 5.14 Å². The Morgan fingerprint density at radius 3 is 2.64 bits per heavy atom. The number of rotatable bonds is 3. The van der Waals surface area contributed by atoms with Crippen molar-refractivity contribution in [3.8, 4) is 0 Å². The monoisotopic (exact) mass is 230 g/mol. The van der Waals surface area contributed by atoms with Crippen LogP contribution in [0.5, 0.6) is 0 Å². The van der Waals surface area contributed by atoms with Crippen molar-refractivity contribution in [1.29, 1.82) is 0 Å². The van der Waals surface area contributed by atoms with Gasteiger partial charge in [0.15, 0.2) is 0 Å². The molecule has 14 heavy (non-hydrogen) atoms. The van der Waals surface area contributed by atoms with E-state index in [9.17, 15) is 8.42 Å². The number of hydrogen-bond donors (Lipinski definition) is 2. The summed E-state index contributed by atoms with van der Waals surface area (Å²) in [6.45, 7) is 1.72. The van der Waals surface area contributed by atoms with Crippen LogP contribution in [0.4, 0.5) is 0 Å². The van der Waals surface area contributed by atoms with Crippen LogP contribution in [0.1, 0.15) is 11.1 Å². The first-order chi connectivity index (χ1) is 6.45. The molecule has 0 saturated heterocycles. The van der Waals surface area contributed by atoms with E-state index < -0.39 is 10.0 Å². The third kappa shape index (κ3) is 2.73. The summed E-state index contributed by atoms with van der Waals surface area (Å²) in [4.78, 5) is 0.185. The number of hydrogen-bond acceptors (Lipinski definition) is 3. The minimum absolute atomic E-state index is 0.185. The topological polar surface area (TPSA) is 60.2 Å². The molecule has 0 unspecified atom stereocenters. The van der Waals surface area contributed by atoms with Crippen molar-refractivity contribution < 1.29 is 8.42 Å². The molecule has 77 valence electrons. The SMILES string of the molecule is Cc1ccc(C[CH]S)cc1S(N)(=O)=O. The summed E-state index contributed by atoms with van der Waals surface area (Å²) in [5, 5.41) is 5.07. The second-order valence-electron chi connectivity index (χ2n) is 3.03. The largest absolute Gasteiger partial charge is 0.238 e. The Bertz CT molecular complexity index is 426. The number of aryl methyl sites for hydroxylation is 1. The molecule has 0 spiro atoms. The summed E-state index contributed by atoms with van der Waals surface area (Å²) in [6.07, 6.45) is 0.617. The quantitative estimate of drug-likeness (QED) is 0.768. The van der Waals surface area contributed by atoms with Gasteiger partial charge in [-0.1, -0.05) is 12.1 Å². The van der Waals surface area contributed by atoms with Crippen LogP contribution in [0.3, 0.4) is 0 Å². The maximum absolute atomic E-state index is 11.2. The van der Waals surface area contributed by atoms with Gasteiger partial charge in [0.25, 0.3) is 0 Å². The lowest BCUT2D eigenvalue weighted by Gasteiger charge is -2.05.